The van der Waals surface area contributed by atoms with Crippen LogP contribution in [0.15, 0.2) is 46.8 Å². The van der Waals surface area contributed by atoms with Crippen LogP contribution in [0.5, 0.6) is 0 Å². The number of aliphatic carboxylic acids is 1. The molecule has 0 spiro atoms. The van der Waals surface area contributed by atoms with Crippen LogP contribution in [-0.4, -0.2) is 20.8 Å². The Morgan fingerprint density at radius 1 is 1.24 bits per heavy atom. The van der Waals surface area contributed by atoms with Crippen LogP contribution in [0.3, 0.4) is 0 Å². The van der Waals surface area contributed by atoms with Gasteiger partial charge in [0.05, 0.1) is 9.73 Å². The molecule has 3 aromatic rings. The van der Waals surface area contributed by atoms with Gasteiger partial charge < -0.3 is 5.11 Å². The first-order chi connectivity index (χ1) is 11.9. The number of hydrogen-bond acceptors (Lipinski definition) is 4. The van der Waals surface area contributed by atoms with Gasteiger partial charge in [0.25, 0.3) is 0 Å². The van der Waals surface area contributed by atoms with Gasteiger partial charge in [-0.25, -0.2) is 0 Å². The van der Waals surface area contributed by atoms with Crippen molar-refractivity contribution in [3.05, 3.63) is 48.2 Å². The van der Waals surface area contributed by atoms with Gasteiger partial charge in [0.2, 0.25) is 0 Å². The lowest BCUT2D eigenvalue weighted by Gasteiger charge is -2.16. The van der Waals surface area contributed by atoms with Crippen molar-refractivity contribution in [1.82, 2.24) is 4.98 Å². The van der Waals surface area contributed by atoms with Gasteiger partial charge in [-0.2, -0.15) is 0 Å². The fourth-order valence-electron chi connectivity index (χ4n) is 2.86. The molecule has 3 nitrogen and oxygen atoms in total. The number of fused-ring (bicyclic) bond motifs is 1. The molecule has 1 aliphatic rings. The summed E-state index contributed by atoms with van der Waals surface area (Å²) in [6, 6.07) is 12.8. The summed E-state index contributed by atoms with van der Waals surface area (Å²) < 4.78 is 0.187. The number of pyridine rings is 1. The molecule has 0 amide bonds. The second-order valence-corrected chi connectivity index (χ2v) is 9.95. The zero-order valence-electron chi connectivity index (χ0n) is 14.2. The summed E-state index contributed by atoms with van der Waals surface area (Å²) in [4.78, 5) is 17.0. The summed E-state index contributed by atoms with van der Waals surface area (Å²) >= 11 is 3.04. The van der Waals surface area contributed by atoms with Crippen molar-refractivity contribution in [2.24, 2.45) is 0 Å². The van der Waals surface area contributed by atoms with Crippen molar-refractivity contribution in [2.45, 2.75) is 41.6 Å². The number of thiophene rings is 1. The number of benzene rings is 1. The monoisotopic (exact) mass is 369 g/mol. The standard InChI is InChI=1S/C20H19NO2S2/c1-20(2,19(22)23)25-18-8-7-17(24-18)14-9-10-21-16-6-5-13(11-15(14)16)12-3-4-12/h5-12H,3-4H2,1-2H3,(H,22,23). The molecule has 0 atom stereocenters. The molecule has 128 valence electrons. The predicted octanol–water partition coefficient (Wildman–Crippen LogP) is 5.80. The highest BCUT2D eigenvalue weighted by molar-refractivity contribution is 8.03. The van der Waals surface area contributed by atoms with Crippen molar-refractivity contribution in [1.29, 1.82) is 0 Å². The molecule has 2 heterocycles. The van der Waals surface area contributed by atoms with Gasteiger partial charge >= 0.3 is 5.97 Å². The third-order valence-corrected chi connectivity index (χ3v) is 6.97. The van der Waals surface area contributed by atoms with E-state index in [1.165, 1.54) is 41.1 Å². The van der Waals surface area contributed by atoms with Crippen molar-refractivity contribution >= 4 is 40.0 Å². The fraction of sp³-hybridized carbons (Fsp3) is 0.300. The molecule has 0 aliphatic heterocycles. The second-order valence-electron chi connectivity index (χ2n) is 6.95. The average Bonchev–Trinajstić information content (AvgIpc) is 3.34. The molecule has 1 N–H and O–H groups in total. The molecule has 1 saturated carbocycles. The van der Waals surface area contributed by atoms with E-state index in [4.69, 9.17) is 0 Å². The molecule has 2 aromatic heterocycles. The summed E-state index contributed by atoms with van der Waals surface area (Å²) in [5.74, 6) is -0.0841. The van der Waals surface area contributed by atoms with E-state index in [-0.39, 0.29) is 0 Å². The lowest BCUT2D eigenvalue weighted by Crippen LogP contribution is -2.26. The number of rotatable bonds is 5. The van der Waals surface area contributed by atoms with Gasteiger partial charge in [-0.1, -0.05) is 17.8 Å². The Morgan fingerprint density at radius 2 is 2.04 bits per heavy atom. The van der Waals surface area contributed by atoms with Crippen molar-refractivity contribution in [3.8, 4) is 10.4 Å². The highest BCUT2D eigenvalue weighted by Crippen LogP contribution is 2.44. The van der Waals surface area contributed by atoms with Gasteiger partial charge in [-0.15, -0.1) is 11.3 Å². The zero-order chi connectivity index (χ0) is 17.6. The SMILES string of the molecule is CC(C)(Sc1ccc(-c2ccnc3ccc(C4CC4)cc23)s1)C(=O)O. The number of thioether (sulfide) groups is 1. The van der Waals surface area contributed by atoms with E-state index in [1.54, 1.807) is 25.2 Å². The van der Waals surface area contributed by atoms with Crippen LogP contribution >= 0.6 is 23.1 Å². The molecule has 4 rings (SSSR count). The van der Waals surface area contributed by atoms with Crippen LogP contribution < -0.4 is 0 Å². The lowest BCUT2D eigenvalue weighted by molar-refractivity contribution is -0.138. The van der Waals surface area contributed by atoms with E-state index in [9.17, 15) is 9.90 Å². The Labute approximate surface area is 155 Å². The first-order valence-corrected chi connectivity index (χ1v) is 9.98. The lowest BCUT2D eigenvalue weighted by atomic mass is 10.0. The third-order valence-electron chi connectivity index (χ3n) is 4.53. The van der Waals surface area contributed by atoms with E-state index in [0.717, 1.165) is 14.6 Å². The fourth-order valence-corrected chi connectivity index (χ4v) is 5.43. The van der Waals surface area contributed by atoms with Crippen molar-refractivity contribution in [2.75, 3.05) is 0 Å². The largest absolute Gasteiger partial charge is 0.480 e. The molecule has 5 heteroatoms. The first kappa shape index (κ1) is 16.6. The molecular formula is C20H19NO2S2. The normalized spacial score (nSPS) is 14.8. The number of carboxylic acids is 1. The first-order valence-electron chi connectivity index (χ1n) is 8.35. The van der Waals surface area contributed by atoms with Crippen molar-refractivity contribution in [3.63, 3.8) is 0 Å². The molecule has 1 aliphatic carbocycles. The summed E-state index contributed by atoms with van der Waals surface area (Å²) in [5, 5.41) is 10.5. The van der Waals surface area contributed by atoms with Gasteiger partial charge in [-0.05, 0) is 68.5 Å². The van der Waals surface area contributed by atoms with Crippen LogP contribution in [0.25, 0.3) is 21.3 Å². The maximum Gasteiger partial charge on any atom is 0.319 e. The van der Waals surface area contributed by atoms with E-state index in [2.05, 4.69) is 35.3 Å². The average molecular weight is 370 g/mol. The summed E-state index contributed by atoms with van der Waals surface area (Å²) in [6.07, 6.45) is 4.42. The molecule has 25 heavy (non-hydrogen) atoms. The Balaban J connectivity index is 1.72. The smallest absolute Gasteiger partial charge is 0.319 e. The highest BCUT2D eigenvalue weighted by atomic mass is 32.2. The van der Waals surface area contributed by atoms with E-state index in [0.29, 0.717) is 5.92 Å². The van der Waals surface area contributed by atoms with Crippen LogP contribution in [0.4, 0.5) is 0 Å². The minimum absolute atomic E-state index is 0.711. The molecule has 1 aromatic carbocycles. The quantitative estimate of drug-likeness (QED) is 0.578. The Kier molecular flexibility index (Phi) is 4.08. The summed E-state index contributed by atoms with van der Waals surface area (Å²) in [5.41, 5.74) is 3.59. The zero-order valence-corrected chi connectivity index (χ0v) is 15.8. The van der Waals surface area contributed by atoms with Crippen LogP contribution in [0, 0.1) is 0 Å². The number of hydrogen-bond donors (Lipinski definition) is 1. The van der Waals surface area contributed by atoms with Crippen LogP contribution in [-0.2, 0) is 4.79 Å². The minimum Gasteiger partial charge on any atom is -0.480 e. The maximum absolute atomic E-state index is 11.4. The predicted molar refractivity (Wildman–Crippen MR) is 105 cm³/mol. The second kappa shape index (κ2) is 6.15. The molecule has 0 bridgehead atoms. The number of carboxylic acid groups (broad SMARTS) is 1. The van der Waals surface area contributed by atoms with E-state index < -0.39 is 10.7 Å². The molecule has 0 saturated heterocycles. The number of carbonyl (C=O) groups is 1. The van der Waals surface area contributed by atoms with E-state index in [1.807, 2.05) is 12.3 Å². The topological polar surface area (TPSA) is 50.2 Å². The van der Waals surface area contributed by atoms with Crippen LogP contribution in [0.2, 0.25) is 0 Å². The molecule has 0 unspecified atom stereocenters. The van der Waals surface area contributed by atoms with Gasteiger partial charge in [0, 0.05) is 22.0 Å². The number of aromatic nitrogens is 1. The van der Waals surface area contributed by atoms with Crippen molar-refractivity contribution < 1.29 is 9.90 Å². The maximum atomic E-state index is 11.4. The Hall–Kier alpha value is -1.85. The van der Waals surface area contributed by atoms with Gasteiger partial charge in [-0.3, -0.25) is 9.78 Å². The van der Waals surface area contributed by atoms with Gasteiger partial charge in [0.1, 0.15) is 4.75 Å². The third kappa shape index (κ3) is 3.31. The summed E-state index contributed by atoms with van der Waals surface area (Å²) in [7, 11) is 0. The van der Waals surface area contributed by atoms with Gasteiger partial charge in [0.15, 0.2) is 0 Å². The Morgan fingerprint density at radius 3 is 2.76 bits per heavy atom. The minimum atomic E-state index is -0.832. The Bertz CT molecular complexity index is 957. The molecule has 0 radical (unpaired) electrons. The number of nitrogens with zero attached hydrogens (tertiary/aromatic N) is 1. The van der Waals surface area contributed by atoms with Crippen LogP contribution in [0.1, 0.15) is 38.2 Å². The van der Waals surface area contributed by atoms with E-state index >= 15 is 0 Å². The summed E-state index contributed by atoms with van der Waals surface area (Å²) in [6.45, 7) is 3.48. The molecular weight excluding hydrogens is 350 g/mol. The molecule has 1 fully saturated rings. The highest BCUT2D eigenvalue weighted by Gasteiger charge is 2.29.